The number of nitrogens with zero attached hydrogens (tertiary/aromatic N) is 2. The van der Waals surface area contributed by atoms with Crippen LogP contribution in [0.2, 0.25) is 0 Å². The smallest absolute Gasteiger partial charge is 0.238 e. The maximum atomic E-state index is 12.8. The van der Waals surface area contributed by atoms with E-state index in [1.807, 2.05) is 0 Å². The Labute approximate surface area is 134 Å². The summed E-state index contributed by atoms with van der Waals surface area (Å²) in [5.41, 5.74) is 0.853. The molecule has 0 saturated heterocycles. The third-order valence-electron chi connectivity index (χ3n) is 3.49. The van der Waals surface area contributed by atoms with Crippen LogP contribution in [0.1, 0.15) is 12.5 Å². The van der Waals surface area contributed by atoms with Crippen LogP contribution in [0.4, 0.5) is 4.39 Å². The number of nitrogens with one attached hydrogen (secondary N) is 1. The molecule has 0 aliphatic heterocycles. The van der Waals surface area contributed by atoms with Crippen molar-refractivity contribution in [3.05, 3.63) is 48.0 Å². The second-order valence-electron chi connectivity index (χ2n) is 5.18. The molecule has 0 bridgehead atoms. The van der Waals surface area contributed by atoms with Gasteiger partial charge in [-0.1, -0.05) is 12.1 Å². The van der Waals surface area contributed by atoms with Crippen molar-refractivity contribution in [3.8, 4) is 0 Å². The first-order valence-electron chi connectivity index (χ1n) is 7.05. The molecule has 1 N–H and O–H groups in total. The molecule has 0 saturated carbocycles. The fraction of sp³-hybridized carbons (Fsp3) is 0.333. The van der Waals surface area contributed by atoms with Gasteiger partial charge >= 0.3 is 0 Å². The summed E-state index contributed by atoms with van der Waals surface area (Å²) in [6, 6.07) is 5.92. The lowest BCUT2D eigenvalue weighted by atomic mass is 10.1. The molecule has 1 unspecified atom stereocenters. The maximum absolute atomic E-state index is 12.8. The number of hydrogen-bond donors (Lipinski definition) is 1. The molecule has 1 heterocycles. The van der Waals surface area contributed by atoms with Crippen molar-refractivity contribution < 1.29 is 17.6 Å². The quantitative estimate of drug-likeness (QED) is 0.854. The number of aryl methyl sites for hydroxylation is 1. The van der Waals surface area contributed by atoms with Gasteiger partial charge in [-0.25, -0.2) is 17.8 Å². The third-order valence-corrected chi connectivity index (χ3v) is 5.54. The molecule has 0 fully saturated rings. The summed E-state index contributed by atoms with van der Waals surface area (Å²) in [6.07, 6.45) is 3.36. The van der Waals surface area contributed by atoms with E-state index in [9.17, 15) is 17.6 Å². The van der Waals surface area contributed by atoms with Gasteiger partial charge in [0.25, 0.3) is 0 Å². The Balaban J connectivity index is 1.95. The molecule has 1 atom stereocenters. The predicted molar refractivity (Wildman–Crippen MR) is 83.0 cm³/mol. The summed E-state index contributed by atoms with van der Waals surface area (Å²) >= 11 is 0. The summed E-state index contributed by atoms with van der Waals surface area (Å²) in [5, 5.41) is 1.20. The van der Waals surface area contributed by atoms with Crippen molar-refractivity contribution in [3.63, 3.8) is 0 Å². The number of benzene rings is 1. The van der Waals surface area contributed by atoms with Crippen LogP contribution in [-0.4, -0.2) is 35.7 Å². The maximum Gasteiger partial charge on any atom is 0.238 e. The van der Waals surface area contributed by atoms with Crippen LogP contribution >= 0.6 is 0 Å². The van der Waals surface area contributed by atoms with Gasteiger partial charge in [-0.15, -0.1) is 0 Å². The van der Waals surface area contributed by atoms with Crippen LogP contribution in [0, 0.1) is 5.82 Å². The van der Waals surface area contributed by atoms with Gasteiger partial charge in [-0.2, -0.15) is 0 Å². The monoisotopic (exact) mass is 339 g/mol. The van der Waals surface area contributed by atoms with Crippen molar-refractivity contribution >= 4 is 15.7 Å². The largest absolute Gasteiger partial charge is 0.355 e. The molecular weight excluding hydrogens is 321 g/mol. The Morgan fingerprint density at radius 2 is 2.00 bits per heavy atom. The highest BCUT2D eigenvalue weighted by Crippen LogP contribution is 2.13. The fourth-order valence-electron chi connectivity index (χ4n) is 2.05. The normalized spacial score (nSPS) is 12.8. The van der Waals surface area contributed by atoms with E-state index in [4.69, 9.17) is 0 Å². The zero-order chi connectivity index (χ0) is 17.0. The van der Waals surface area contributed by atoms with Gasteiger partial charge < -0.3 is 9.88 Å². The van der Waals surface area contributed by atoms with E-state index >= 15 is 0 Å². The lowest BCUT2D eigenvalue weighted by Crippen LogP contribution is -2.39. The zero-order valence-corrected chi connectivity index (χ0v) is 13.7. The predicted octanol–water partition coefficient (Wildman–Crippen LogP) is 1.08. The molecule has 8 heteroatoms. The first-order chi connectivity index (χ1) is 10.8. The van der Waals surface area contributed by atoms with E-state index < -0.39 is 21.0 Å². The summed E-state index contributed by atoms with van der Waals surface area (Å²) < 4.78 is 38.8. The molecule has 23 heavy (non-hydrogen) atoms. The minimum Gasteiger partial charge on any atom is -0.355 e. The highest BCUT2D eigenvalue weighted by atomic mass is 32.2. The molecule has 0 spiro atoms. The molecule has 2 aromatic rings. The van der Waals surface area contributed by atoms with Crippen molar-refractivity contribution in [1.29, 1.82) is 0 Å². The summed E-state index contributed by atoms with van der Waals surface area (Å²) in [6.45, 7) is 1.60. The highest BCUT2D eigenvalue weighted by Gasteiger charge is 2.32. The summed E-state index contributed by atoms with van der Waals surface area (Å²) in [7, 11) is -2.28. The van der Waals surface area contributed by atoms with Crippen LogP contribution in [0.5, 0.6) is 0 Å². The number of hydrogen-bond acceptors (Lipinski definition) is 4. The highest BCUT2D eigenvalue weighted by molar-refractivity contribution is 7.92. The van der Waals surface area contributed by atoms with E-state index in [0.29, 0.717) is 6.42 Å². The number of imidazole rings is 1. The zero-order valence-electron chi connectivity index (χ0n) is 12.9. The number of aromatic nitrogens is 2. The Hall–Kier alpha value is -2.22. The van der Waals surface area contributed by atoms with E-state index in [1.165, 1.54) is 36.0 Å². The van der Waals surface area contributed by atoms with Crippen LogP contribution in [0.3, 0.4) is 0 Å². The van der Waals surface area contributed by atoms with Crippen molar-refractivity contribution in [1.82, 2.24) is 14.9 Å². The average Bonchev–Trinajstić information content (AvgIpc) is 2.95. The van der Waals surface area contributed by atoms with Crippen molar-refractivity contribution in [2.24, 2.45) is 7.05 Å². The second-order valence-corrected chi connectivity index (χ2v) is 7.34. The van der Waals surface area contributed by atoms with Gasteiger partial charge in [0.05, 0.1) is 0 Å². The van der Waals surface area contributed by atoms with Crippen LogP contribution in [0.15, 0.2) is 41.8 Å². The van der Waals surface area contributed by atoms with E-state index in [-0.39, 0.29) is 17.5 Å². The lowest BCUT2D eigenvalue weighted by molar-refractivity contribution is -0.120. The second kappa shape index (κ2) is 6.91. The van der Waals surface area contributed by atoms with Gasteiger partial charge in [-0.3, -0.25) is 4.79 Å². The van der Waals surface area contributed by atoms with Gasteiger partial charge in [0.1, 0.15) is 11.1 Å². The molecule has 0 aliphatic carbocycles. The molecule has 0 radical (unpaired) electrons. The van der Waals surface area contributed by atoms with Gasteiger partial charge in [-0.05, 0) is 31.0 Å². The standard InChI is InChI=1S/C15H18FN3O3S/c1-11(23(21,22)15-18-9-10-19(15)2)14(20)17-8-7-12-3-5-13(16)6-4-12/h3-6,9-11H,7-8H2,1-2H3,(H,17,20). The van der Waals surface area contributed by atoms with Gasteiger partial charge in [0, 0.05) is 26.0 Å². The minimum absolute atomic E-state index is 0.140. The number of carbonyl (C=O) groups is 1. The van der Waals surface area contributed by atoms with Crippen molar-refractivity contribution in [2.45, 2.75) is 23.8 Å². The van der Waals surface area contributed by atoms with Crippen LogP contribution < -0.4 is 5.32 Å². The Kier molecular flexibility index (Phi) is 5.15. The number of halogens is 1. The molecule has 124 valence electrons. The number of rotatable bonds is 6. The first kappa shape index (κ1) is 17.1. The van der Waals surface area contributed by atoms with Gasteiger partial charge in [0.2, 0.25) is 20.9 Å². The first-order valence-corrected chi connectivity index (χ1v) is 8.60. The van der Waals surface area contributed by atoms with E-state index in [2.05, 4.69) is 10.3 Å². The topological polar surface area (TPSA) is 81.1 Å². The minimum atomic E-state index is -3.84. The summed E-state index contributed by atoms with van der Waals surface area (Å²) in [4.78, 5) is 15.8. The molecule has 6 nitrogen and oxygen atoms in total. The average molecular weight is 339 g/mol. The van der Waals surface area contributed by atoms with E-state index in [0.717, 1.165) is 5.56 Å². The number of carbonyl (C=O) groups excluding carboxylic acids is 1. The Morgan fingerprint density at radius 1 is 1.35 bits per heavy atom. The molecule has 2 rings (SSSR count). The fourth-order valence-corrected chi connectivity index (χ4v) is 3.40. The van der Waals surface area contributed by atoms with Gasteiger partial charge in [0.15, 0.2) is 0 Å². The lowest BCUT2D eigenvalue weighted by Gasteiger charge is -2.13. The Bertz CT molecular complexity index is 785. The molecular formula is C15H18FN3O3S. The SMILES string of the molecule is CC(C(=O)NCCc1ccc(F)cc1)S(=O)(=O)c1nccn1C. The third kappa shape index (κ3) is 3.95. The van der Waals surface area contributed by atoms with E-state index in [1.54, 1.807) is 19.2 Å². The van der Waals surface area contributed by atoms with Crippen molar-refractivity contribution in [2.75, 3.05) is 6.54 Å². The Morgan fingerprint density at radius 3 is 2.57 bits per heavy atom. The van der Waals surface area contributed by atoms with Crippen LogP contribution in [-0.2, 0) is 28.1 Å². The molecule has 1 aromatic heterocycles. The summed E-state index contributed by atoms with van der Waals surface area (Å²) in [5.74, 6) is -0.914. The molecule has 0 aliphatic rings. The van der Waals surface area contributed by atoms with Crippen LogP contribution in [0.25, 0.3) is 0 Å². The molecule has 1 amide bonds. The molecule has 1 aromatic carbocycles. The number of amides is 1. The number of sulfone groups is 1.